The zero-order valence-electron chi connectivity index (χ0n) is 8.42. The molecule has 0 aliphatic rings. The van der Waals surface area contributed by atoms with Crippen LogP contribution in [-0.2, 0) is 0 Å². The van der Waals surface area contributed by atoms with Crippen LogP contribution in [0, 0.1) is 0 Å². The summed E-state index contributed by atoms with van der Waals surface area (Å²) in [6.45, 7) is -2.89. The molecule has 2 unspecified atom stereocenters. The molecule has 0 nitrogen and oxygen atoms in total. The number of hydrogen-bond acceptors (Lipinski definition) is 1. The molecular formula is C8H10F8S. The first kappa shape index (κ1) is 16.8. The Bertz CT molecular complexity index is 189. The normalized spacial score (nSPS) is 16.9. The lowest BCUT2D eigenvalue weighted by atomic mass is 10.3. The third kappa shape index (κ3) is 9.49. The smallest absolute Gasteiger partial charge is 0.250 e. The summed E-state index contributed by atoms with van der Waals surface area (Å²) in [5.41, 5.74) is 0. The van der Waals surface area contributed by atoms with E-state index < -0.39 is 49.0 Å². The molecule has 0 rings (SSSR count). The van der Waals surface area contributed by atoms with E-state index in [9.17, 15) is 35.1 Å². The third-order valence-electron chi connectivity index (χ3n) is 1.65. The van der Waals surface area contributed by atoms with Gasteiger partial charge in [0.1, 0.15) is 13.3 Å². The van der Waals surface area contributed by atoms with E-state index >= 15 is 0 Å². The second kappa shape index (κ2) is 6.65. The van der Waals surface area contributed by atoms with Gasteiger partial charge >= 0.3 is 12.4 Å². The summed E-state index contributed by atoms with van der Waals surface area (Å²) in [6.07, 6.45) is -12.5. The molecular weight excluding hydrogens is 280 g/mol. The minimum Gasteiger partial charge on any atom is -0.250 e. The Labute approximate surface area is 96.7 Å². The first-order valence-corrected chi connectivity index (χ1v) is 5.42. The molecule has 9 heteroatoms. The summed E-state index contributed by atoms with van der Waals surface area (Å²) in [5.74, 6) is 0. The fourth-order valence-electron chi connectivity index (χ4n) is 1.07. The molecule has 0 N–H and O–H groups in total. The van der Waals surface area contributed by atoms with Crippen molar-refractivity contribution in [3.8, 4) is 0 Å². The van der Waals surface area contributed by atoms with Crippen LogP contribution in [0.5, 0.6) is 0 Å². The Morgan fingerprint density at radius 2 is 1.00 bits per heavy atom. The van der Waals surface area contributed by atoms with Gasteiger partial charge in [-0.2, -0.15) is 26.3 Å². The first-order valence-electron chi connectivity index (χ1n) is 4.48. The maximum atomic E-state index is 12.2. The van der Waals surface area contributed by atoms with Crippen molar-refractivity contribution < 1.29 is 35.1 Å². The van der Waals surface area contributed by atoms with Gasteiger partial charge in [-0.1, -0.05) is 0 Å². The molecule has 0 saturated heterocycles. The van der Waals surface area contributed by atoms with Gasteiger partial charge in [-0.3, -0.25) is 0 Å². The quantitative estimate of drug-likeness (QED) is 0.657. The van der Waals surface area contributed by atoms with E-state index in [0.29, 0.717) is 0 Å². The van der Waals surface area contributed by atoms with Crippen LogP contribution < -0.4 is 0 Å². The van der Waals surface area contributed by atoms with Gasteiger partial charge in [0.05, 0.1) is 12.8 Å². The largest absolute Gasteiger partial charge is 0.390 e. The molecule has 0 spiro atoms. The Morgan fingerprint density at radius 1 is 0.706 bits per heavy atom. The van der Waals surface area contributed by atoms with Gasteiger partial charge in [-0.25, -0.2) is 8.78 Å². The summed E-state index contributed by atoms with van der Waals surface area (Å²) in [7, 11) is 0. The molecule has 0 aliphatic carbocycles. The molecule has 104 valence electrons. The Balaban J connectivity index is 4.32. The van der Waals surface area contributed by atoms with Gasteiger partial charge in [0.15, 0.2) is 0 Å². The minimum atomic E-state index is -4.68. The van der Waals surface area contributed by atoms with Crippen LogP contribution >= 0.6 is 11.8 Å². The third-order valence-corrected chi connectivity index (χ3v) is 3.00. The molecule has 17 heavy (non-hydrogen) atoms. The predicted molar refractivity (Wildman–Crippen MR) is 48.5 cm³/mol. The van der Waals surface area contributed by atoms with Crippen molar-refractivity contribution in [2.24, 2.45) is 0 Å². The fraction of sp³-hybridized carbons (Fsp3) is 1.00. The summed E-state index contributed by atoms with van der Waals surface area (Å²) < 4.78 is 95.7. The molecule has 0 amide bonds. The SMILES string of the molecule is FCC(CC(F)(F)F)SC(CF)CC(F)(F)F. The molecule has 0 heterocycles. The zero-order valence-corrected chi connectivity index (χ0v) is 9.23. The molecule has 0 bridgehead atoms. The van der Waals surface area contributed by atoms with Crippen molar-refractivity contribution in [2.45, 2.75) is 35.7 Å². The predicted octanol–water partition coefficient (Wildman–Crippen LogP) is 4.30. The van der Waals surface area contributed by atoms with E-state index in [1.54, 1.807) is 0 Å². The van der Waals surface area contributed by atoms with Gasteiger partial charge in [-0.05, 0) is 0 Å². The summed E-state index contributed by atoms with van der Waals surface area (Å²) in [6, 6.07) is 0. The molecule has 0 aromatic rings. The van der Waals surface area contributed by atoms with Gasteiger partial charge in [0.2, 0.25) is 0 Å². The fourth-order valence-corrected chi connectivity index (χ4v) is 2.33. The number of alkyl halides is 8. The number of hydrogen-bond donors (Lipinski definition) is 0. The van der Waals surface area contributed by atoms with E-state index in [0.717, 1.165) is 0 Å². The minimum absolute atomic E-state index is 0.0536. The highest BCUT2D eigenvalue weighted by molar-refractivity contribution is 8.00. The molecule has 2 atom stereocenters. The summed E-state index contributed by atoms with van der Waals surface area (Å²) >= 11 is 0.0536. The van der Waals surface area contributed by atoms with Gasteiger partial charge < -0.3 is 0 Å². The number of thioether (sulfide) groups is 1. The lowest BCUT2D eigenvalue weighted by molar-refractivity contribution is -0.135. The number of halogens is 8. The van der Waals surface area contributed by atoms with Crippen LogP contribution in [0.2, 0.25) is 0 Å². The Hall–Kier alpha value is -0.210. The van der Waals surface area contributed by atoms with Crippen LogP contribution in [0.3, 0.4) is 0 Å². The highest BCUT2D eigenvalue weighted by Gasteiger charge is 2.37. The second-order valence-corrected chi connectivity index (χ2v) is 4.93. The van der Waals surface area contributed by atoms with Gasteiger partial charge in [0.25, 0.3) is 0 Å². The molecule has 0 aromatic carbocycles. The van der Waals surface area contributed by atoms with Crippen molar-refractivity contribution >= 4 is 11.8 Å². The van der Waals surface area contributed by atoms with E-state index in [-0.39, 0.29) is 11.8 Å². The summed E-state index contributed by atoms with van der Waals surface area (Å²) in [5, 5.41) is -3.39. The van der Waals surface area contributed by atoms with Crippen molar-refractivity contribution in [3.63, 3.8) is 0 Å². The van der Waals surface area contributed by atoms with Crippen molar-refractivity contribution in [1.29, 1.82) is 0 Å². The Kier molecular flexibility index (Phi) is 6.57. The summed E-state index contributed by atoms with van der Waals surface area (Å²) in [4.78, 5) is 0. The van der Waals surface area contributed by atoms with E-state index in [1.807, 2.05) is 0 Å². The van der Waals surface area contributed by atoms with Gasteiger partial charge in [0, 0.05) is 10.5 Å². The average molecular weight is 290 g/mol. The van der Waals surface area contributed by atoms with Crippen LogP contribution in [0.4, 0.5) is 35.1 Å². The van der Waals surface area contributed by atoms with Crippen LogP contribution in [0.1, 0.15) is 12.8 Å². The number of rotatable bonds is 6. The van der Waals surface area contributed by atoms with Crippen molar-refractivity contribution in [1.82, 2.24) is 0 Å². The molecule has 0 fully saturated rings. The lowest BCUT2D eigenvalue weighted by Crippen LogP contribution is -2.25. The molecule has 0 saturated carbocycles. The molecule has 0 aliphatic heterocycles. The van der Waals surface area contributed by atoms with E-state index in [4.69, 9.17) is 0 Å². The monoisotopic (exact) mass is 290 g/mol. The zero-order chi connectivity index (χ0) is 13.7. The maximum absolute atomic E-state index is 12.2. The van der Waals surface area contributed by atoms with Crippen LogP contribution in [0.25, 0.3) is 0 Å². The second-order valence-electron chi connectivity index (χ2n) is 3.33. The van der Waals surface area contributed by atoms with E-state index in [2.05, 4.69) is 0 Å². The molecule has 0 radical (unpaired) electrons. The van der Waals surface area contributed by atoms with Crippen LogP contribution in [-0.4, -0.2) is 36.2 Å². The van der Waals surface area contributed by atoms with E-state index in [1.165, 1.54) is 0 Å². The maximum Gasteiger partial charge on any atom is 0.390 e. The standard InChI is InChI=1S/C8H10F8S/c9-3-5(1-7(11,12)13)17-6(4-10)2-8(14,15)16/h5-6H,1-4H2. The first-order chi connectivity index (χ1) is 7.57. The van der Waals surface area contributed by atoms with Gasteiger partial charge in [-0.15, -0.1) is 11.8 Å². The Morgan fingerprint density at radius 3 is 1.18 bits per heavy atom. The average Bonchev–Trinajstić information content (AvgIpc) is 2.11. The topological polar surface area (TPSA) is 0 Å². The van der Waals surface area contributed by atoms with Crippen molar-refractivity contribution in [2.75, 3.05) is 13.3 Å². The molecule has 0 aromatic heterocycles. The highest BCUT2D eigenvalue weighted by Crippen LogP contribution is 2.35. The highest BCUT2D eigenvalue weighted by atomic mass is 32.2. The van der Waals surface area contributed by atoms with Crippen molar-refractivity contribution in [3.05, 3.63) is 0 Å². The van der Waals surface area contributed by atoms with Crippen LogP contribution in [0.15, 0.2) is 0 Å². The lowest BCUT2D eigenvalue weighted by Gasteiger charge is -2.21.